The number of alkyl halides is 1. The van der Waals surface area contributed by atoms with Crippen LogP contribution in [0.3, 0.4) is 0 Å². The molecule has 3 saturated carbocycles. The largest absolute Gasteiger partial charge is 0.441 e. The van der Waals surface area contributed by atoms with Gasteiger partial charge in [-0.3, -0.25) is 19.8 Å². The van der Waals surface area contributed by atoms with Crippen molar-refractivity contribution in [3.8, 4) is 0 Å². The first-order valence-corrected chi connectivity index (χ1v) is 17.6. The number of halogens is 1. The molecule has 5 aliphatic rings. The number of carbonyl (C=O) groups is 4. The summed E-state index contributed by atoms with van der Waals surface area (Å²) in [5, 5.41) is 38.5. The van der Waals surface area contributed by atoms with Crippen LogP contribution in [0, 0.1) is 28.6 Å². The zero-order valence-electron chi connectivity index (χ0n) is 28.7. The lowest BCUT2D eigenvalue weighted by atomic mass is 9.44. The minimum Gasteiger partial charge on any atom is -0.441 e. The second-order valence-corrected chi connectivity index (χ2v) is 15.0. The number of aliphatic hydroxyl groups is 3. The van der Waals surface area contributed by atoms with Crippen LogP contribution >= 0.6 is 0 Å². The molecular weight excluding hydrogens is 635 g/mol. The number of nitrogens with one attached hydrogen (secondary N) is 3. The molecule has 0 aromatic carbocycles. The number of allylic oxidation sites excluding steroid dienone is 5. The van der Waals surface area contributed by atoms with E-state index in [1.807, 2.05) is 12.2 Å². The molecule has 5 rings (SSSR count). The molecule has 270 valence electrons. The normalized spacial score (nSPS) is 39.2. The van der Waals surface area contributed by atoms with Crippen molar-refractivity contribution in [3.05, 3.63) is 36.0 Å². The molecule has 6 N–H and O–H groups in total. The van der Waals surface area contributed by atoms with Crippen LogP contribution < -0.4 is 16.3 Å². The first-order valence-electron chi connectivity index (χ1n) is 17.6. The van der Waals surface area contributed by atoms with Gasteiger partial charge in [0.1, 0.15) is 11.7 Å². The minimum atomic E-state index is -2.07. The van der Waals surface area contributed by atoms with Gasteiger partial charge in [-0.2, -0.15) is 5.10 Å². The fraction of sp³-hybridized carbons (Fsp3) is 0.694. The van der Waals surface area contributed by atoms with Crippen LogP contribution in [-0.2, 0) is 19.1 Å². The van der Waals surface area contributed by atoms with Gasteiger partial charge in [0.2, 0.25) is 11.8 Å². The topological polar surface area (TPSA) is 187 Å². The zero-order chi connectivity index (χ0) is 35.6. The Morgan fingerprint density at radius 1 is 1.08 bits per heavy atom. The van der Waals surface area contributed by atoms with Crippen molar-refractivity contribution < 1.29 is 43.6 Å². The quantitative estimate of drug-likeness (QED) is 0.127. The Kier molecular flexibility index (Phi) is 10.9. The number of ether oxygens (including phenoxy) is 1. The lowest BCUT2D eigenvalue weighted by Gasteiger charge is -2.62. The van der Waals surface area contributed by atoms with Gasteiger partial charge in [0.05, 0.1) is 18.4 Å². The Labute approximate surface area is 286 Å². The Morgan fingerprint density at radius 3 is 2.59 bits per heavy atom. The van der Waals surface area contributed by atoms with Crippen molar-refractivity contribution in [2.75, 3.05) is 6.61 Å². The van der Waals surface area contributed by atoms with Gasteiger partial charge in [-0.05, 0) is 94.8 Å². The second-order valence-electron chi connectivity index (χ2n) is 15.0. The summed E-state index contributed by atoms with van der Waals surface area (Å²) in [6, 6.07) is 0. The molecular formula is C36H51FN4O8. The highest BCUT2D eigenvalue weighted by atomic mass is 19.1. The maximum Gasteiger partial charge on any atom is 0.426 e. The van der Waals surface area contributed by atoms with Gasteiger partial charge in [0.25, 0.3) is 0 Å². The smallest absolute Gasteiger partial charge is 0.426 e. The van der Waals surface area contributed by atoms with Crippen molar-refractivity contribution >= 4 is 29.4 Å². The van der Waals surface area contributed by atoms with Gasteiger partial charge < -0.3 is 20.1 Å². The van der Waals surface area contributed by atoms with E-state index in [-0.39, 0.29) is 49.2 Å². The summed E-state index contributed by atoms with van der Waals surface area (Å²) < 4.78 is 22.8. The van der Waals surface area contributed by atoms with E-state index in [4.69, 9.17) is 4.74 Å². The summed E-state index contributed by atoms with van der Waals surface area (Å²) in [6.07, 6.45) is 11.6. The van der Waals surface area contributed by atoms with Crippen LogP contribution in [0.1, 0.15) is 97.8 Å². The van der Waals surface area contributed by atoms with Gasteiger partial charge >= 0.3 is 6.09 Å². The number of ketones is 1. The van der Waals surface area contributed by atoms with Gasteiger partial charge in [0, 0.05) is 29.6 Å². The first-order chi connectivity index (χ1) is 23.2. The third-order valence-corrected chi connectivity index (χ3v) is 12.2. The highest BCUT2D eigenvalue weighted by Gasteiger charge is 2.75. The molecule has 0 aromatic heterocycles. The summed E-state index contributed by atoms with van der Waals surface area (Å²) >= 11 is 0. The zero-order valence-corrected chi connectivity index (χ0v) is 28.7. The molecule has 0 saturated heterocycles. The Balaban J connectivity index is 1.17. The van der Waals surface area contributed by atoms with Crippen LogP contribution in [0.15, 0.2) is 41.1 Å². The molecule has 12 nitrogen and oxygen atoms in total. The third kappa shape index (κ3) is 6.61. The number of nitrogens with zero attached hydrogens (tertiary/aromatic N) is 1. The predicted octanol–water partition coefficient (Wildman–Crippen LogP) is 3.62. The van der Waals surface area contributed by atoms with E-state index in [0.717, 1.165) is 25.7 Å². The highest BCUT2D eigenvalue weighted by Crippen LogP contribution is 2.70. The SMILES string of the molecule is C[C@@H]1CC2C3CCC4=CC(=O)C=C[C@]4(C)[C@@]3(F)[C@@H](O)C[C@]2(C)[C@@]1(O)/C(CO)=N\NC(=O)CCCC(=O)NNC(=O)OC1/C=C/CCCCC1. The Bertz CT molecular complexity index is 1450. The number of carbonyl (C=O) groups excluding carboxylic acids is 4. The Morgan fingerprint density at radius 2 is 1.84 bits per heavy atom. The van der Waals surface area contributed by atoms with Crippen molar-refractivity contribution in [1.29, 1.82) is 0 Å². The fourth-order valence-corrected chi connectivity index (χ4v) is 9.57. The lowest BCUT2D eigenvalue weighted by molar-refractivity contribution is -0.209. The molecule has 0 heterocycles. The molecule has 3 fully saturated rings. The van der Waals surface area contributed by atoms with Crippen LogP contribution in [0.5, 0.6) is 0 Å². The van der Waals surface area contributed by atoms with Crippen molar-refractivity contribution in [2.24, 2.45) is 33.7 Å². The monoisotopic (exact) mass is 686 g/mol. The molecule has 49 heavy (non-hydrogen) atoms. The number of hydrazine groups is 1. The molecule has 0 aliphatic heterocycles. The van der Waals surface area contributed by atoms with E-state index < -0.39 is 64.6 Å². The Hall–Kier alpha value is -3.42. The minimum absolute atomic E-state index is 0.0717. The van der Waals surface area contributed by atoms with E-state index >= 15 is 4.39 Å². The van der Waals surface area contributed by atoms with E-state index in [2.05, 4.69) is 21.4 Å². The predicted molar refractivity (Wildman–Crippen MR) is 178 cm³/mol. The van der Waals surface area contributed by atoms with Crippen LogP contribution in [0.4, 0.5) is 9.18 Å². The molecule has 0 radical (unpaired) electrons. The first kappa shape index (κ1) is 36.9. The molecule has 3 unspecified atom stereocenters. The van der Waals surface area contributed by atoms with Crippen LogP contribution in [0.2, 0.25) is 0 Å². The second kappa shape index (κ2) is 14.4. The number of aliphatic hydroxyl groups excluding tert-OH is 2. The highest BCUT2D eigenvalue weighted by molar-refractivity contribution is 6.01. The maximum absolute atomic E-state index is 17.4. The number of rotatable bonds is 8. The van der Waals surface area contributed by atoms with Gasteiger partial charge in [0.15, 0.2) is 11.5 Å². The van der Waals surface area contributed by atoms with Gasteiger partial charge in [-0.1, -0.05) is 38.0 Å². The summed E-state index contributed by atoms with van der Waals surface area (Å²) in [5.74, 6) is -2.76. The van der Waals surface area contributed by atoms with E-state index in [0.29, 0.717) is 31.3 Å². The molecule has 3 amide bonds. The van der Waals surface area contributed by atoms with Crippen molar-refractivity contribution in [1.82, 2.24) is 16.3 Å². The van der Waals surface area contributed by atoms with E-state index in [1.165, 1.54) is 12.2 Å². The third-order valence-electron chi connectivity index (χ3n) is 12.2. The lowest BCUT2D eigenvalue weighted by Crippen LogP contribution is -2.69. The number of hydrazone groups is 1. The number of hydrogen-bond donors (Lipinski definition) is 6. The summed E-state index contributed by atoms with van der Waals surface area (Å²) in [7, 11) is 0. The average molecular weight is 687 g/mol. The fourth-order valence-electron chi connectivity index (χ4n) is 9.57. The number of hydrogen-bond acceptors (Lipinski definition) is 9. The molecule has 9 atom stereocenters. The molecule has 0 aromatic rings. The van der Waals surface area contributed by atoms with E-state index in [1.54, 1.807) is 26.8 Å². The van der Waals surface area contributed by atoms with Crippen molar-refractivity contribution in [3.63, 3.8) is 0 Å². The van der Waals surface area contributed by atoms with Crippen LogP contribution in [0.25, 0.3) is 0 Å². The standard InChI is InChI=1S/C36H51FN4O8/c1-22-18-27-26-15-14-23-19-24(43)16-17-33(23,2)35(26,37)29(44)20-34(27,3)36(22,48)28(21-42)38-39-30(45)12-9-13-31(46)40-41-32(47)49-25-10-7-5-4-6-8-11-25/h7,10,16-17,19,22,25-27,29,42,44,48H,4-6,8-9,11-15,18,20-21H2,1-3H3,(H,39,45)(H,40,46)(H,41,47)/b10-7+,38-28-/t22-,25?,26?,27?,29+,33+,34+,35+,36+/m1/s1. The number of amides is 3. The molecule has 0 spiro atoms. The van der Waals surface area contributed by atoms with Crippen LogP contribution in [-0.4, -0.2) is 74.8 Å². The maximum atomic E-state index is 17.4. The van der Waals surface area contributed by atoms with E-state index in [9.17, 15) is 34.5 Å². The summed E-state index contributed by atoms with van der Waals surface area (Å²) in [6.45, 7) is 4.64. The molecule has 5 aliphatic carbocycles. The molecule has 0 bridgehead atoms. The number of fused-ring (bicyclic) bond motifs is 5. The average Bonchev–Trinajstić information content (AvgIpc) is 3.23. The summed E-state index contributed by atoms with van der Waals surface area (Å²) in [5.41, 5.74) is 1.39. The summed E-state index contributed by atoms with van der Waals surface area (Å²) in [4.78, 5) is 49.1. The van der Waals surface area contributed by atoms with Gasteiger partial charge in [-0.15, -0.1) is 0 Å². The molecule has 13 heteroatoms. The van der Waals surface area contributed by atoms with Gasteiger partial charge in [-0.25, -0.2) is 20.0 Å². The van der Waals surface area contributed by atoms with Crippen molar-refractivity contribution in [2.45, 2.75) is 121 Å².